The summed E-state index contributed by atoms with van der Waals surface area (Å²) < 4.78 is 46.1. The lowest BCUT2D eigenvalue weighted by Crippen LogP contribution is -2.30. The molecule has 0 spiro atoms. The van der Waals surface area contributed by atoms with Gasteiger partial charge in [0.15, 0.2) is 5.75 Å². The van der Waals surface area contributed by atoms with Gasteiger partial charge in [0.25, 0.3) is 5.91 Å². The van der Waals surface area contributed by atoms with Gasteiger partial charge < -0.3 is 24.8 Å². The normalized spacial score (nSPS) is 13.1. The first kappa shape index (κ1) is 16.2. The molecule has 6 nitrogen and oxygen atoms in total. The molecular weight excluding hydrogens is 330 g/mol. The molecule has 3 rings (SSSR count). The van der Waals surface area contributed by atoms with E-state index in [-0.39, 0.29) is 28.2 Å². The molecule has 0 aromatic heterocycles. The zero-order chi connectivity index (χ0) is 17.5. The summed E-state index contributed by atoms with van der Waals surface area (Å²) in [6.07, 6.45) is -4.86. The van der Waals surface area contributed by atoms with Gasteiger partial charge in [-0.2, -0.15) is 0 Å². The lowest BCUT2D eigenvalue weighted by molar-refractivity contribution is -0.274. The smallest absolute Gasteiger partial charge is 0.454 e. The number of alkyl halides is 3. The van der Waals surface area contributed by atoms with Crippen molar-refractivity contribution in [2.45, 2.75) is 6.36 Å². The number of rotatable bonds is 2. The molecule has 0 saturated heterocycles. The summed E-state index contributed by atoms with van der Waals surface area (Å²) >= 11 is 0. The zero-order valence-corrected chi connectivity index (χ0v) is 11.8. The van der Waals surface area contributed by atoms with E-state index in [0.29, 0.717) is 0 Å². The average molecular weight is 339 g/mol. The molecule has 124 valence electrons. The van der Waals surface area contributed by atoms with Crippen molar-refractivity contribution < 1.29 is 37.5 Å². The van der Waals surface area contributed by atoms with Crippen molar-refractivity contribution in [3.63, 3.8) is 0 Å². The van der Waals surface area contributed by atoms with Crippen LogP contribution in [0.1, 0.15) is 10.4 Å². The van der Waals surface area contributed by atoms with Gasteiger partial charge in [0.05, 0.1) is 11.3 Å². The van der Waals surface area contributed by atoms with E-state index in [4.69, 9.17) is 14.8 Å². The number of hydrogen-bond donors (Lipinski definition) is 3. The maximum atomic E-state index is 12.3. The van der Waals surface area contributed by atoms with Gasteiger partial charge in [-0.25, -0.2) is 0 Å². The van der Waals surface area contributed by atoms with Gasteiger partial charge in [-0.1, -0.05) is 6.07 Å². The largest absolute Gasteiger partial charge is 0.573 e. The van der Waals surface area contributed by atoms with Crippen LogP contribution in [0.2, 0.25) is 0 Å². The van der Waals surface area contributed by atoms with Gasteiger partial charge >= 0.3 is 13.5 Å². The highest BCUT2D eigenvalue weighted by atomic mass is 19.4. The van der Waals surface area contributed by atoms with Gasteiger partial charge in [0, 0.05) is 6.07 Å². The first-order valence-electron chi connectivity index (χ1n) is 6.62. The second kappa shape index (κ2) is 5.73. The van der Waals surface area contributed by atoms with Crippen LogP contribution >= 0.6 is 0 Å². The molecule has 24 heavy (non-hydrogen) atoms. The first-order valence-corrected chi connectivity index (χ1v) is 6.62. The van der Waals surface area contributed by atoms with Crippen LogP contribution in [-0.4, -0.2) is 29.4 Å². The third-order valence-electron chi connectivity index (χ3n) is 3.20. The zero-order valence-electron chi connectivity index (χ0n) is 11.8. The Bertz CT molecular complexity index is 809. The van der Waals surface area contributed by atoms with E-state index < -0.39 is 25.1 Å². The molecule has 0 aliphatic carbocycles. The van der Waals surface area contributed by atoms with Gasteiger partial charge in [-0.05, 0) is 29.7 Å². The fourth-order valence-electron chi connectivity index (χ4n) is 2.18. The third kappa shape index (κ3) is 3.29. The van der Waals surface area contributed by atoms with E-state index in [2.05, 4.69) is 10.1 Å². The Hall–Kier alpha value is -2.72. The van der Waals surface area contributed by atoms with Crippen LogP contribution in [0.25, 0.3) is 0 Å². The minimum atomic E-state index is -4.86. The number of ether oxygens (including phenoxy) is 2. The van der Waals surface area contributed by atoms with Crippen molar-refractivity contribution in [1.82, 2.24) is 0 Å². The number of benzene rings is 2. The molecule has 0 atom stereocenters. The standard InChI is InChI=1S/C14H9BF3NO5/c16-14(17,18)24-8-2-4-12-10(6-8)19-13(20)9-5-7(15(21)22)1-3-11(9)23-12/h1-6,21-22H,(H,19,20). The molecule has 1 aliphatic rings. The summed E-state index contributed by atoms with van der Waals surface area (Å²) in [4.78, 5) is 12.2. The van der Waals surface area contributed by atoms with Crippen molar-refractivity contribution in [3.8, 4) is 17.2 Å². The Morgan fingerprint density at radius 3 is 2.46 bits per heavy atom. The molecule has 0 unspecified atom stereocenters. The van der Waals surface area contributed by atoms with E-state index in [1.165, 1.54) is 24.3 Å². The molecule has 3 N–H and O–H groups in total. The Labute approximate surface area is 133 Å². The Balaban J connectivity index is 1.97. The molecular formula is C14H9BF3NO5. The van der Waals surface area contributed by atoms with Crippen LogP contribution in [0.5, 0.6) is 17.2 Å². The average Bonchev–Trinajstić information content (AvgIpc) is 2.61. The van der Waals surface area contributed by atoms with E-state index >= 15 is 0 Å². The molecule has 2 aromatic carbocycles. The minimum Gasteiger partial charge on any atom is -0.454 e. The Morgan fingerprint density at radius 1 is 1.08 bits per heavy atom. The van der Waals surface area contributed by atoms with Gasteiger partial charge in [0.2, 0.25) is 0 Å². The third-order valence-corrected chi connectivity index (χ3v) is 3.20. The molecule has 0 saturated carbocycles. The van der Waals surface area contributed by atoms with Crippen LogP contribution in [0.4, 0.5) is 18.9 Å². The number of hydrogen-bond acceptors (Lipinski definition) is 5. The quantitative estimate of drug-likeness (QED) is 0.724. The summed E-state index contributed by atoms with van der Waals surface area (Å²) in [5, 5.41) is 20.7. The van der Waals surface area contributed by atoms with Crippen molar-refractivity contribution in [2.24, 2.45) is 0 Å². The maximum absolute atomic E-state index is 12.3. The monoisotopic (exact) mass is 339 g/mol. The second-order valence-electron chi connectivity index (χ2n) is 4.89. The SMILES string of the molecule is O=C1Nc2cc(OC(F)(F)F)ccc2Oc2ccc(B(O)O)cc21. The van der Waals surface area contributed by atoms with Crippen LogP contribution in [0.3, 0.4) is 0 Å². The lowest BCUT2D eigenvalue weighted by Gasteiger charge is -2.12. The molecule has 0 bridgehead atoms. The number of anilines is 1. The Kier molecular flexibility index (Phi) is 3.86. The first-order chi connectivity index (χ1) is 11.2. The Morgan fingerprint density at radius 2 is 1.79 bits per heavy atom. The molecule has 1 aliphatic heterocycles. The number of amides is 1. The van der Waals surface area contributed by atoms with Crippen LogP contribution in [0, 0.1) is 0 Å². The highest BCUT2D eigenvalue weighted by Gasteiger charge is 2.32. The minimum absolute atomic E-state index is 0.00934. The van der Waals surface area contributed by atoms with Crippen LogP contribution < -0.4 is 20.3 Å². The van der Waals surface area contributed by atoms with E-state index in [1.807, 2.05) is 0 Å². The molecule has 0 fully saturated rings. The molecule has 1 amide bonds. The van der Waals surface area contributed by atoms with E-state index in [1.54, 1.807) is 0 Å². The second-order valence-corrected chi connectivity index (χ2v) is 4.89. The van der Waals surface area contributed by atoms with Gasteiger partial charge in [0.1, 0.15) is 11.5 Å². The number of halogens is 3. The number of nitrogens with one attached hydrogen (secondary N) is 1. The van der Waals surface area contributed by atoms with Crippen LogP contribution in [-0.2, 0) is 0 Å². The summed E-state index contributed by atoms with van der Waals surface area (Å²) in [5.74, 6) is -0.938. The number of carbonyl (C=O) groups is 1. The maximum Gasteiger partial charge on any atom is 0.573 e. The van der Waals surface area contributed by atoms with Crippen molar-refractivity contribution in [3.05, 3.63) is 42.0 Å². The molecule has 10 heteroatoms. The summed E-state index contributed by atoms with van der Waals surface area (Å²) in [6, 6.07) is 7.18. The predicted octanol–water partition coefficient (Wildman–Crippen LogP) is 1.62. The van der Waals surface area contributed by atoms with E-state index in [0.717, 1.165) is 12.1 Å². The van der Waals surface area contributed by atoms with Crippen molar-refractivity contribution in [2.75, 3.05) is 5.32 Å². The fourth-order valence-corrected chi connectivity index (χ4v) is 2.18. The predicted molar refractivity (Wildman–Crippen MR) is 77.4 cm³/mol. The lowest BCUT2D eigenvalue weighted by atomic mass is 9.79. The highest BCUT2D eigenvalue weighted by molar-refractivity contribution is 6.58. The summed E-state index contributed by atoms with van der Waals surface area (Å²) in [7, 11) is -1.78. The van der Waals surface area contributed by atoms with Crippen molar-refractivity contribution >= 4 is 24.2 Å². The fraction of sp³-hybridized carbons (Fsp3) is 0.0714. The molecule has 1 heterocycles. The topological polar surface area (TPSA) is 88.0 Å². The number of carbonyl (C=O) groups excluding carboxylic acids is 1. The molecule has 2 aromatic rings. The van der Waals surface area contributed by atoms with Gasteiger partial charge in [-0.3, -0.25) is 4.79 Å². The van der Waals surface area contributed by atoms with E-state index in [9.17, 15) is 18.0 Å². The van der Waals surface area contributed by atoms with Crippen molar-refractivity contribution in [1.29, 1.82) is 0 Å². The van der Waals surface area contributed by atoms with Gasteiger partial charge in [-0.15, -0.1) is 13.2 Å². The number of fused-ring (bicyclic) bond motifs is 2. The molecule has 0 radical (unpaired) electrons. The summed E-state index contributed by atoms with van der Waals surface area (Å²) in [5.41, 5.74) is 0.0682. The van der Waals surface area contributed by atoms with Crippen LogP contribution in [0.15, 0.2) is 36.4 Å². The highest BCUT2D eigenvalue weighted by Crippen LogP contribution is 2.38. The summed E-state index contributed by atoms with van der Waals surface area (Å²) in [6.45, 7) is 0.